The Morgan fingerprint density at radius 3 is 2.70 bits per heavy atom. The molecular weight excluding hydrogens is 130 g/mol. The predicted octanol–water partition coefficient (Wildman–Crippen LogP) is 0.331. The number of nitrogens with zero attached hydrogens (tertiary/aromatic N) is 1. The first-order valence-electron chi connectivity index (χ1n) is 3.22. The Kier molecular flexibility index (Phi) is 1.76. The van der Waals surface area contributed by atoms with Crippen molar-refractivity contribution >= 4 is 5.97 Å². The maximum Gasteiger partial charge on any atom is 0.325 e. The van der Waals surface area contributed by atoms with Crippen LogP contribution in [0.2, 0.25) is 0 Å². The molecule has 56 valence electrons. The Morgan fingerprint density at radius 2 is 2.50 bits per heavy atom. The molecular formula is C7H11NO2. The Hall–Kier alpha value is -0.830. The van der Waals surface area contributed by atoms with E-state index in [2.05, 4.69) is 0 Å². The van der Waals surface area contributed by atoms with Gasteiger partial charge in [0.1, 0.15) is 6.04 Å². The number of carboxylic acid groups (broad SMARTS) is 1. The van der Waals surface area contributed by atoms with E-state index in [1.165, 1.54) is 0 Å². The lowest BCUT2D eigenvalue weighted by Gasteiger charge is -2.16. The van der Waals surface area contributed by atoms with E-state index in [-0.39, 0.29) is 6.04 Å². The molecule has 0 saturated heterocycles. The van der Waals surface area contributed by atoms with Crippen LogP contribution in [0.5, 0.6) is 0 Å². The summed E-state index contributed by atoms with van der Waals surface area (Å²) in [5, 5.41) is 8.67. The van der Waals surface area contributed by atoms with Crippen molar-refractivity contribution in [3.05, 3.63) is 11.6 Å². The van der Waals surface area contributed by atoms with Crippen LogP contribution in [0, 0.1) is 0 Å². The van der Waals surface area contributed by atoms with Gasteiger partial charge in [-0.25, -0.2) is 0 Å². The molecule has 1 aliphatic heterocycles. The third-order valence-electron chi connectivity index (χ3n) is 1.81. The van der Waals surface area contributed by atoms with Crippen LogP contribution in [0.3, 0.4) is 0 Å². The summed E-state index contributed by atoms with van der Waals surface area (Å²) in [6.45, 7) is 2.60. The van der Waals surface area contributed by atoms with Gasteiger partial charge < -0.3 is 5.11 Å². The Bertz CT molecular complexity index is 186. The summed E-state index contributed by atoms with van der Waals surface area (Å²) in [7, 11) is 1.81. The molecule has 0 amide bonds. The average Bonchev–Trinajstić information content (AvgIpc) is 2.11. The molecule has 3 nitrogen and oxygen atoms in total. The molecule has 1 N–H and O–H groups in total. The summed E-state index contributed by atoms with van der Waals surface area (Å²) < 4.78 is 0. The molecule has 1 aliphatic rings. The van der Waals surface area contributed by atoms with Crippen molar-refractivity contribution in [1.29, 1.82) is 0 Å². The summed E-state index contributed by atoms with van der Waals surface area (Å²) in [5.41, 5.74) is 0.940. The highest BCUT2D eigenvalue weighted by atomic mass is 16.4. The fourth-order valence-corrected chi connectivity index (χ4v) is 1.24. The van der Waals surface area contributed by atoms with E-state index in [9.17, 15) is 4.79 Å². The first-order chi connectivity index (χ1) is 4.63. The van der Waals surface area contributed by atoms with E-state index in [0.29, 0.717) is 0 Å². The molecule has 10 heavy (non-hydrogen) atoms. The second-order valence-electron chi connectivity index (χ2n) is 2.63. The Balaban J connectivity index is 2.74. The van der Waals surface area contributed by atoms with Gasteiger partial charge in [0.15, 0.2) is 0 Å². The lowest BCUT2D eigenvalue weighted by molar-refractivity contribution is -0.140. The number of carboxylic acids is 1. The summed E-state index contributed by atoms with van der Waals surface area (Å²) in [6.07, 6.45) is 1.94. The van der Waals surface area contributed by atoms with E-state index in [1.807, 2.05) is 20.0 Å². The van der Waals surface area contributed by atoms with Gasteiger partial charge in [0, 0.05) is 6.54 Å². The zero-order chi connectivity index (χ0) is 7.72. The number of hydrogen-bond acceptors (Lipinski definition) is 2. The van der Waals surface area contributed by atoms with Crippen molar-refractivity contribution < 1.29 is 9.90 Å². The van der Waals surface area contributed by atoms with Crippen LogP contribution in [0.4, 0.5) is 0 Å². The van der Waals surface area contributed by atoms with Gasteiger partial charge in [0.2, 0.25) is 0 Å². The third kappa shape index (κ3) is 1.04. The van der Waals surface area contributed by atoms with Gasteiger partial charge >= 0.3 is 5.97 Å². The van der Waals surface area contributed by atoms with Gasteiger partial charge in [-0.05, 0) is 19.5 Å². The zero-order valence-corrected chi connectivity index (χ0v) is 6.16. The van der Waals surface area contributed by atoms with Gasteiger partial charge in [0.25, 0.3) is 0 Å². The molecule has 0 unspecified atom stereocenters. The van der Waals surface area contributed by atoms with Crippen molar-refractivity contribution in [2.24, 2.45) is 0 Å². The average molecular weight is 141 g/mol. The van der Waals surface area contributed by atoms with Crippen molar-refractivity contribution in [2.75, 3.05) is 13.6 Å². The van der Waals surface area contributed by atoms with E-state index < -0.39 is 5.97 Å². The molecule has 0 spiro atoms. The van der Waals surface area contributed by atoms with Crippen LogP contribution in [0.15, 0.2) is 11.6 Å². The lowest BCUT2D eigenvalue weighted by atomic mass is 10.1. The number of hydrogen-bond donors (Lipinski definition) is 1. The van der Waals surface area contributed by atoms with Crippen LogP contribution in [-0.4, -0.2) is 35.6 Å². The zero-order valence-electron chi connectivity index (χ0n) is 6.16. The van der Waals surface area contributed by atoms with Gasteiger partial charge in [-0.15, -0.1) is 0 Å². The van der Waals surface area contributed by atoms with E-state index >= 15 is 0 Å². The van der Waals surface area contributed by atoms with Crippen molar-refractivity contribution in [1.82, 2.24) is 4.90 Å². The number of carbonyl (C=O) groups is 1. The molecule has 1 atom stereocenters. The highest BCUT2D eigenvalue weighted by Gasteiger charge is 2.27. The Labute approximate surface area is 59.9 Å². The minimum Gasteiger partial charge on any atom is -0.480 e. The molecule has 0 saturated carbocycles. The molecule has 1 rings (SSSR count). The number of aliphatic carboxylic acids is 1. The predicted molar refractivity (Wildman–Crippen MR) is 37.8 cm³/mol. The lowest BCUT2D eigenvalue weighted by Crippen LogP contribution is -2.34. The van der Waals surface area contributed by atoms with E-state index in [0.717, 1.165) is 12.1 Å². The number of rotatable bonds is 1. The molecule has 0 aliphatic carbocycles. The van der Waals surface area contributed by atoms with Gasteiger partial charge in [-0.1, -0.05) is 6.08 Å². The molecule has 0 bridgehead atoms. The van der Waals surface area contributed by atoms with Crippen molar-refractivity contribution in [3.63, 3.8) is 0 Å². The maximum absolute atomic E-state index is 10.5. The first-order valence-corrected chi connectivity index (χ1v) is 3.22. The standard InChI is InChI=1S/C7H11NO2/c1-5-3-4-8(2)6(5)7(9)10/h3,6H,4H2,1-2H3,(H,9,10)/t6-/m0/s1. The van der Waals surface area contributed by atoms with Crippen LogP contribution in [0.1, 0.15) is 6.92 Å². The van der Waals surface area contributed by atoms with Gasteiger partial charge in [0.05, 0.1) is 0 Å². The monoisotopic (exact) mass is 141 g/mol. The molecule has 0 aromatic carbocycles. The second-order valence-corrected chi connectivity index (χ2v) is 2.63. The molecule has 3 heteroatoms. The quantitative estimate of drug-likeness (QED) is 0.535. The van der Waals surface area contributed by atoms with Crippen molar-refractivity contribution in [2.45, 2.75) is 13.0 Å². The fraction of sp³-hybridized carbons (Fsp3) is 0.571. The molecule has 1 heterocycles. The molecule has 0 radical (unpaired) electrons. The van der Waals surface area contributed by atoms with E-state index in [1.54, 1.807) is 4.90 Å². The summed E-state index contributed by atoms with van der Waals surface area (Å²) >= 11 is 0. The van der Waals surface area contributed by atoms with Crippen LogP contribution >= 0.6 is 0 Å². The van der Waals surface area contributed by atoms with E-state index in [4.69, 9.17) is 5.11 Å². The van der Waals surface area contributed by atoms with Crippen LogP contribution in [0.25, 0.3) is 0 Å². The van der Waals surface area contributed by atoms with Crippen LogP contribution < -0.4 is 0 Å². The number of likely N-dealkylation sites (N-methyl/N-ethyl adjacent to an activating group) is 1. The van der Waals surface area contributed by atoms with Gasteiger partial charge in [-0.2, -0.15) is 0 Å². The first kappa shape index (κ1) is 7.28. The second kappa shape index (κ2) is 2.42. The molecule has 0 aromatic heterocycles. The fourth-order valence-electron chi connectivity index (χ4n) is 1.24. The van der Waals surface area contributed by atoms with Crippen LogP contribution in [-0.2, 0) is 4.79 Å². The normalized spacial score (nSPS) is 26.6. The van der Waals surface area contributed by atoms with Gasteiger partial charge in [-0.3, -0.25) is 9.69 Å². The minimum absolute atomic E-state index is 0.389. The smallest absolute Gasteiger partial charge is 0.325 e. The Morgan fingerprint density at radius 1 is 1.90 bits per heavy atom. The largest absolute Gasteiger partial charge is 0.480 e. The van der Waals surface area contributed by atoms with Crippen molar-refractivity contribution in [3.8, 4) is 0 Å². The minimum atomic E-state index is -0.756. The SMILES string of the molecule is CC1=CCN(C)[C@@H]1C(=O)O. The summed E-state index contributed by atoms with van der Waals surface area (Å²) in [4.78, 5) is 12.3. The third-order valence-corrected chi connectivity index (χ3v) is 1.81. The molecule has 0 fully saturated rings. The summed E-state index contributed by atoms with van der Waals surface area (Å²) in [5.74, 6) is -0.756. The summed E-state index contributed by atoms with van der Waals surface area (Å²) in [6, 6.07) is -0.389. The highest BCUT2D eigenvalue weighted by molar-refractivity contribution is 5.78. The maximum atomic E-state index is 10.5. The highest BCUT2D eigenvalue weighted by Crippen LogP contribution is 2.15. The molecule has 0 aromatic rings. The topological polar surface area (TPSA) is 40.5 Å².